The summed E-state index contributed by atoms with van der Waals surface area (Å²) >= 11 is 0. The molecule has 0 bridgehead atoms. The molecule has 1 fully saturated rings. The largest absolute Gasteiger partial charge is 0.381 e. The van der Waals surface area contributed by atoms with Gasteiger partial charge in [0.15, 0.2) is 0 Å². The molecule has 21 heavy (non-hydrogen) atoms. The van der Waals surface area contributed by atoms with Crippen LogP contribution in [0.1, 0.15) is 19.3 Å². The van der Waals surface area contributed by atoms with Crippen molar-refractivity contribution in [1.82, 2.24) is 9.47 Å². The highest BCUT2D eigenvalue weighted by Crippen LogP contribution is 2.17. The van der Waals surface area contributed by atoms with Gasteiger partial charge in [0.25, 0.3) is 0 Å². The van der Waals surface area contributed by atoms with Crippen LogP contribution >= 0.6 is 0 Å². The van der Waals surface area contributed by atoms with Crippen molar-refractivity contribution in [2.75, 3.05) is 20.2 Å². The third-order valence-corrected chi connectivity index (χ3v) is 4.37. The molecule has 0 N–H and O–H groups in total. The van der Waals surface area contributed by atoms with Crippen molar-refractivity contribution in [2.24, 2.45) is 0 Å². The third-order valence-electron chi connectivity index (χ3n) is 4.37. The summed E-state index contributed by atoms with van der Waals surface area (Å²) in [6.07, 6.45) is 4.86. The lowest BCUT2D eigenvalue weighted by atomic mass is 10.1. The van der Waals surface area contributed by atoms with E-state index in [0.29, 0.717) is 12.5 Å². The third kappa shape index (κ3) is 3.10. The van der Waals surface area contributed by atoms with Gasteiger partial charge in [0.2, 0.25) is 5.91 Å². The number of fused-ring (bicyclic) bond motifs is 1. The van der Waals surface area contributed by atoms with E-state index in [2.05, 4.69) is 29.0 Å². The summed E-state index contributed by atoms with van der Waals surface area (Å²) in [6, 6.07) is 10.4. The number of para-hydroxylation sites is 1. The van der Waals surface area contributed by atoms with Gasteiger partial charge in [-0.2, -0.15) is 0 Å². The van der Waals surface area contributed by atoms with Crippen molar-refractivity contribution in [3.05, 3.63) is 36.5 Å². The van der Waals surface area contributed by atoms with Crippen LogP contribution in [0.2, 0.25) is 0 Å². The molecule has 0 unspecified atom stereocenters. The van der Waals surface area contributed by atoms with Crippen LogP contribution in [0.25, 0.3) is 10.9 Å². The predicted molar refractivity (Wildman–Crippen MR) is 83.2 cm³/mol. The number of amides is 1. The van der Waals surface area contributed by atoms with Crippen molar-refractivity contribution >= 4 is 16.8 Å². The standard InChI is InChI=1S/C17H22N2O2/c1-21-15-7-11-19(12-8-15)17(20)9-13-18-10-6-14-4-2-3-5-16(14)18/h2-6,10,15H,7-9,11-13H2,1H3. The second kappa shape index (κ2) is 6.31. The molecule has 0 spiro atoms. The van der Waals surface area contributed by atoms with Crippen LogP contribution in [0.3, 0.4) is 0 Å². The summed E-state index contributed by atoms with van der Waals surface area (Å²) in [6.45, 7) is 2.39. The minimum atomic E-state index is 0.252. The highest BCUT2D eigenvalue weighted by Gasteiger charge is 2.22. The van der Waals surface area contributed by atoms with Crippen molar-refractivity contribution in [1.29, 1.82) is 0 Å². The van der Waals surface area contributed by atoms with Gasteiger partial charge in [0.1, 0.15) is 0 Å². The highest BCUT2D eigenvalue weighted by atomic mass is 16.5. The van der Waals surface area contributed by atoms with Crippen LogP contribution in [0, 0.1) is 0 Å². The zero-order valence-electron chi connectivity index (χ0n) is 12.5. The average molecular weight is 286 g/mol. The molecule has 1 aliphatic rings. The quantitative estimate of drug-likeness (QED) is 0.866. The summed E-state index contributed by atoms with van der Waals surface area (Å²) in [5, 5.41) is 1.23. The fraction of sp³-hybridized carbons (Fsp3) is 0.471. The summed E-state index contributed by atoms with van der Waals surface area (Å²) < 4.78 is 7.51. The zero-order chi connectivity index (χ0) is 14.7. The number of likely N-dealkylation sites (tertiary alicyclic amines) is 1. The predicted octanol–water partition coefficient (Wildman–Crippen LogP) is 2.67. The topological polar surface area (TPSA) is 34.5 Å². The van der Waals surface area contributed by atoms with Crippen LogP contribution in [-0.2, 0) is 16.1 Å². The number of piperidine rings is 1. The number of ether oxygens (including phenoxy) is 1. The molecule has 0 atom stereocenters. The summed E-state index contributed by atoms with van der Waals surface area (Å²) in [5.41, 5.74) is 1.20. The van der Waals surface area contributed by atoms with E-state index in [-0.39, 0.29) is 5.91 Å². The number of methoxy groups -OCH3 is 1. The van der Waals surface area contributed by atoms with Crippen molar-refractivity contribution in [3.8, 4) is 0 Å². The first kappa shape index (κ1) is 14.1. The lowest BCUT2D eigenvalue weighted by Crippen LogP contribution is -2.40. The molecule has 112 valence electrons. The summed E-state index contributed by atoms with van der Waals surface area (Å²) in [4.78, 5) is 14.3. The van der Waals surface area contributed by atoms with Gasteiger partial charge >= 0.3 is 0 Å². The molecule has 1 saturated heterocycles. The Morgan fingerprint density at radius 1 is 1.24 bits per heavy atom. The van der Waals surface area contributed by atoms with Crippen LogP contribution in [0.5, 0.6) is 0 Å². The van der Waals surface area contributed by atoms with Crippen LogP contribution in [-0.4, -0.2) is 41.7 Å². The van der Waals surface area contributed by atoms with Crippen LogP contribution in [0.15, 0.2) is 36.5 Å². The van der Waals surface area contributed by atoms with E-state index in [4.69, 9.17) is 4.74 Å². The molecule has 0 saturated carbocycles. The van der Waals surface area contributed by atoms with E-state index in [1.165, 1.54) is 10.9 Å². The minimum absolute atomic E-state index is 0.252. The van der Waals surface area contributed by atoms with E-state index < -0.39 is 0 Å². The Labute approximate surface area is 125 Å². The Hall–Kier alpha value is -1.81. The van der Waals surface area contributed by atoms with Gasteiger partial charge in [-0.25, -0.2) is 0 Å². The molecule has 1 aromatic carbocycles. The van der Waals surface area contributed by atoms with Gasteiger partial charge in [-0.3, -0.25) is 4.79 Å². The Morgan fingerprint density at radius 3 is 2.76 bits per heavy atom. The molecule has 0 radical (unpaired) electrons. The van der Waals surface area contributed by atoms with Gasteiger partial charge in [-0.1, -0.05) is 18.2 Å². The molecule has 2 aromatic rings. The number of carbonyl (C=O) groups excluding carboxylic acids is 1. The Morgan fingerprint density at radius 2 is 2.00 bits per heavy atom. The van der Waals surface area contributed by atoms with E-state index in [9.17, 15) is 4.79 Å². The molecule has 2 heterocycles. The molecule has 1 aromatic heterocycles. The maximum absolute atomic E-state index is 12.3. The lowest BCUT2D eigenvalue weighted by molar-refractivity contribution is -0.133. The van der Waals surface area contributed by atoms with E-state index in [1.807, 2.05) is 17.0 Å². The Balaban J connectivity index is 1.56. The SMILES string of the molecule is COC1CCN(C(=O)CCn2ccc3ccccc32)CC1. The summed E-state index contributed by atoms with van der Waals surface area (Å²) in [5.74, 6) is 0.252. The number of hydrogen-bond acceptors (Lipinski definition) is 2. The number of aromatic nitrogens is 1. The fourth-order valence-electron chi connectivity index (χ4n) is 3.05. The number of aryl methyl sites for hydroxylation is 1. The number of nitrogens with zero attached hydrogens (tertiary/aromatic N) is 2. The first-order chi connectivity index (χ1) is 10.3. The minimum Gasteiger partial charge on any atom is -0.381 e. The van der Waals surface area contributed by atoms with Gasteiger partial charge in [0, 0.05) is 44.9 Å². The van der Waals surface area contributed by atoms with Crippen LogP contribution < -0.4 is 0 Å². The summed E-state index contributed by atoms with van der Waals surface area (Å²) in [7, 11) is 1.75. The van der Waals surface area contributed by atoms with E-state index in [0.717, 1.165) is 32.5 Å². The molecular weight excluding hydrogens is 264 g/mol. The van der Waals surface area contributed by atoms with Crippen molar-refractivity contribution in [3.63, 3.8) is 0 Å². The molecule has 4 nitrogen and oxygen atoms in total. The molecule has 3 rings (SSSR count). The van der Waals surface area contributed by atoms with Gasteiger partial charge in [-0.05, 0) is 30.4 Å². The van der Waals surface area contributed by atoms with Gasteiger partial charge in [0.05, 0.1) is 6.10 Å². The maximum atomic E-state index is 12.3. The second-order valence-corrected chi connectivity index (χ2v) is 5.63. The highest BCUT2D eigenvalue weighted by molar-refractivity contribution is 5.80. The fourth-order valence-corrected chi connectivity index (χ4v) is 3.05. The lowest BCUT2D eigenvalue weighted by Gasteiger charge is -2.31. The van der Waals surface area contributed by atoms with Gasteiger partial charge < -0.3 is 14.2 Å². The van der Waals surface area contributed by atoms with Crippen molar-refractivity contribution < 1.29 is 9.53 Å². The van der Waals surface area contributed by atoms with E-state index in [1.54, 1.807) is 7.11 Å². The maximum Gasteiger partial charge on any atom is 0.224 e. The number of rotatable bonds is 4. The molecule has 4 heteroatoms. The monoisotopic (exact) mass is 286 g/mol. The number of hydrogen-bond donors (Lipinski definition) is 0. The molecule has 1 amide bonds. The molecular formula is C17H22N2O2. The normalized spacial score (nSPS) is 16.5. The number of benzene rings is 1. The first-order valence-electron chi connectivity index (χ1n) is 7.62. The van der Waals surface area contributed by atoms with Crippen LogP contribution in [0.4, 0.5) is 0 Å². The Bertz CT molecular complexity index is 612. The van der Waals surface area contributed by atoms with Crippen molar-refractivity contribution in [2.45, 2.75) is 31.9 Å². The number of carbonyl (C=O) groups is 1. The second-order valence-electron chi connectivity index (χ2n) is 5.63. The van der Waals surface area contributed by atoms with Gasteiger partial charge in [-0.15, -0.1) is 0 Å². The average Bonchev–Trinajstić information content (AvgIpc) is 2.96. The molecule has 1 aliphatic heterocycles. The Kier molecular flexibility index (Phi) is 4.25. The zero-order valence-corrected chi connectivity index (χ0v) is 12.5. The van der Waals surface area contributed by atoms with E-state index >= 15 is 0 Å². The molecule has 0 aliphatic carbocycles. The first-order valence-corrected chi connectivity index (χ1v) is 7.62. The smallest absolute Gasteiger partial charge is 0.224 e.